The fourth-order valence-corrected chi connectivity index (χ4v) is 1.91. The van der Waals surface area contributed by atoms with E-state index >= 15 is 0 Å². The highest BCUT2D eigenvalue weighted by Crippen LogP contribution is 2.27. The van der Waals surface area contributed by atoms with Crippen molar-refractivity contribution < 1.29 is 4.79 Å². The Morgan fingerprint density at radius 2 is 2.29 bits per heavy atom. The van der Waals surface area contributed by atoms with Crippen LogP contribution in [0.4, 0.5) is 4.79 Å². The first kappa shape index (κ1) is 11.3. The van der Waals surface area contributed by atoms with Gasteiger partial charge in [-0.2, -0.15) is 0 Å². The normalized spacial score (nSPS) is 27.1. The van der Waals surface area contributed by atoms with Crippen molar-refractivity contribution in [2.45, 2.75) is 45.2 Å². The monoisotopic (exact) mass is 199 g/mol. The Hall–Kier alpha value is -0.770. The minimum absolute atomic E-state index is 0.0189. The molecule has 1 fully saturated rings. The van der Waals surface area contributed by atoms with Crippen LogP contribution >= 0.6 is 0 Å². The number of urea groups is 1. The van der Waals surface area contributed by atoms with Gasteiger partial charge in [0.25, 0.3) is 0 Å². The topological polar surface area (TPSA) is 58.4 Å². The van der Waals surface area contributed by atoms with Crippen molar-refractivity contribution in [2.75, 3.05) is 13.1 Å². The average Bonchev–Trinajstić information content (AvgIpc) is 2.47. The molecule has 0 aromatic heterocycles. The lowest BCUT2D eigenvalue weighted by Crippen LogP contribution is -2.54. The number of nitrogens with two attached hydrogens (primary N) is 1. The smallest absolute Gasteiger partial charge is 0.318 e. The van der Waals surface area contributed by atoms with E-state index in [0.29, 0.717) is 6.54 Å². The second-order valence-electron chi connectivity index (χ2n) is 4.56. The molecule has 82 valence electrons. The van der Waals surface area contributed by atoms with Crippen LogP contribution in [0.25, 0.3) is 0 Å². The predicted octanol–water partition coefficient (Wildman–Crippen LogP) is 0.918. The molecule has 0 bridgehead atoms. The molecule has 1 rings (SSSR count). The van der Waals surface area contributed by atoms with Crippen LogP contribution < -0.4 is 11.1 Å². The molecule has 0 aromatic carbocycles. The van der Waals surface area contributed by atoms with Crippen LogP contribution in [0.15, 0.2) is 0 Å². The summed E-state index contributed by atoms with van der Waals surface area (Å²) < 4.78 is 0. The molecule has 1 saturated heterocycles. The van der Waals surface area contributed by atoms with Crippen molar-refractivity contribution in [3.63, 3.8) is 0 Å². The van der Waals surface area contributed by atoms with E-state index in [1.165, 1.54) is 0 Å². The highest BCUT2D eigenvalue weighted by Gasteiger charge is 2.38. The maximum atomic E-state index is 11.8. The molecule has 0 radical (unpaired) electrons. The van der Waals surface area contributed by atoms with E-state index in [4.69, 9.17) is 5.73 Å². The lowest BCUT2D eigenvalue weighted by atomic mass is 10.00. The number of carbonyl (C=O) groups excluding carboxylic acids is 1. The molecule has 14 heavy (non-hydrogen) atoms. The van der Waals surface area contributed by atoms with Gasteiger partial charge in [-0.1, -0.05) is 0 Å². The molecular formula is C10H21N3O. The third-order valence-corrected chi connectivity index (χ3v) is 2.85. The molecule has 3 N–H and O–H groups in total. The summed E-state index contributed by atoms with van der Waals surface area (Å²) in [6, 6.07) is 0.204. The van der Waals surface area contributed by atoms with Gasteiger partial charge in [-0.3, -0.25) is 0 Å². The molecule has 1 heterocycles. The second kappa shape index (κ2) is 4.17. The van der Waals surface area contributed by atoms with Gasteiger partial charge in [0.1, 0.15) is 0 Å². The number of hydrogen-bond acceptors (Lipinski definition) is 2. The van der Waals surface area contributed by atoms with Crippen molar-refractivity contribution in [3.8, 4) is 0 Å². The second-order valence-corrected chi connectivity index (χ2v) is 4.56. The summed E-state index contributed by atoms with van der Waals surface area (Å²) in [5, 5.41) is 2.91. The van der Waals surface area contributed by atoms with E-state index in [1.807, 2.05) is 18.7 Å². The van der Waals surface area contributed by atoms with Gasteiger partial charge in [0.05, 0.1) is 5.54 Å². The van der Waals surface area contributed by atoms with E-state index in [-0.39, 0.29) is 17.6 Å². The van der Waals surface area contributed by atoms with Gasteiger partial charge in [0.2, 0.25) is 0 Å². The molecular weight excluding hydrogens is 178 g/mol. The Morgan fingerprint density at radius 1 is 1.64 bits per heavy atom. The van der Waals surface area contributed by atoms with Gasteiger partial charge in [-0.05, 0) is 33.6 Å². The zero-order chi connectivity index (χ0) is 10.8. The van der Waals surface area contributed by atoms with Gasteiger partial charge < -0.3 is 16.0 Å². The number of amides is 2. The minimum Gasteiger partial charge on any atom is -0.336 e. The van der Waals surface area contributed by atoms with Crippen LogP contribution in [0.1, 0.15) is 33.6 Å². The molecule has 1 aliphatic rings. The quantitative estimate of drug-likeness (QED) is 0.694. The third kappa shape index (κ3) is 2.18. The van der Waals surface area contributed by atoms with Crippen molar-refractivity contribution in [1.29, 1.82) is 0 Å². The van der Waals surface area contributed by atoms with Crippen molar-refractivity contribution in [3.05, 3.63) is 0 Å². The molecule has 0 aromatic rings. The molecule has 0 saturated carbocycles. The first-order valence-electron chi connectivity index (χ1n) is 5.28. The van der Waals surface area contributed by atoms with E-state index in [1.54, 1.807) is 0 Å². The molecule has 2 amide bonds. The summed E-state index contributed by atoms with van der Waals surface area (Å²) >= 11 is 0. The van der Waals surface area contributed by atoms with E-state index in [0.717, 1.165) is 19.4 Å². The molecule has 1 atom stereocenters. The molecule has 1 aliphatic heterocycles. The zero-order valence-corrected chi connectivity index (χ0v) is 9.34. The largest absolute Gasteiger partial charge is 0.336 e. The Kier molecular flexibility index (Phi) is 3.37. The van der Waals surface area contributed by atoms with Gasteiger partial charge >= 0.3 is 6.03 Å². The Balaban J connectivity index is 2.62. The lowest BCUT2D eigenvalue weighted by Gasteiger charge is -2.34. The van der Waals surface area contributed by atoms with Crippen LogP contribution in [-0.2, 0) is 0 Å². The SMILES string of the molecule is CC(C)NC(=O)N1CCCC1(C)CN. The maximum Gasteiger partial charge on any atom is 0.318 e. The van der Waals surface area contributed by atoms with Gasteiger partial charge in [0.15, 0.2) is 0 Å². The lowest BCUT2D eigenvalue weighted by molar-refractivity contribution is 0.157. The summed E-state index contributed by atoms with van der Waals surface area (Å²) in [7, 11) is 0. The molecule has 1 unspecified atom stereocenters. The average molecular weight is 199 g/mol. The summed E-state index contributed by atoms with van der Waals surface area (Å²) in [5.41, 5.74) is 5.57. The van der Waals surface area contributed by atoms with Crippen LogP contribution in [-0.4, -0.2) is 35.6 Å². The predicted molar refractivity (Wildman–Crippen MR) is 57.1 cm³/mol. The first-order valence-corrected chi connectivity index (χ1v) is 5.28. The third-order valence-electron chi connectivity index (χ3n) is 2.85. The fourth-order valence-electron chi connectivity index (χ4n) is 1.91. The molecule has 4 heteroatoms. The highest BCUT2D eigenvalue weighted by molar-refractivity contribution is 5.75. The number of likely N-dealkylation sites (tertiary alicyclic amines) is 1. The number of hydrogen-bond donors (Lipinski definition) is 2. The van der Waals surface area contributed by atoms with Gasteiger partial charge in [-0.25, -0.2) is 4.79 Å². The highest BCUT2D eigenvalue weighted by atomic mass is 16.2. The summed E-state index contributed by atoms with van der Waals surface area (Å²) in [4.78, 5) is 13.7. The van der Waals surface area contributed by atoms with Crippen molar-refractivity contribution in [1.82, 2.24) is 10.2 Å². The number of nitrogens with one attached hydrogen (secondary N) is 1. The van der Waals surface area contributed by atoms with E-state index in [9.17, 15) is 4.79 Å². The summed E-state index contributed by atoms with van der Waals surface area (Å²) in [6.07, 6.45) is 2.06. The minimum atomic E-state index is -0.140. The number of carbonyl (C=O) groups is 1. The Labute approximate surface area is 85.8 Å². The summed E-state index contributed by atoms with van der Waals surface area (Å²) in [6.45, 7) is 7.35. The van der Waals surface area contributed by atoms with E-state index < -0.39 is 0 Å². The fraction of sp³-hybridized carbons (Fsp3) is 0.900. The van der Waals surface area contributed by atoms with Crippen LogP contribution in [0.5, 0.6) is 0 Å². The standard InChI is InChI=1S/C10H21N3O/c1-8(2)12-9(14)13-6-4-5-10(13,3)7-11/h8H,4-7,11H2,1-3H3,(H,12,14). The molecule has 0 spiro atoms. The maximum absolute atomic E-state index is 11.8. The zero-order valence-electron chi connectivity index (χ0n) is 9.34. The Bertz CT molecular complexity index is 217. The van der Waals surface area contributed by atoms with Gasteiger partial charge in [-0.15, -0.1) is 0 Å². The Morgan fingerprint density at radius 3 is 2.79 bits per heavy atom. The number of rotatable bonds is 2. The first-order chi connectivity index (χ1) is 6.49. The molecule has 0 aliphatic carbocycles. The van der Waals surface area contributed by atoms with Gasteiger partial charge in [0, 0.05) is 19.1 Å². The van der Waals surface area contributed by atoms with Crippen molar-refractivity contribution in [2.24, 2.45) is 5.73 Å². The molecule has 4 nitrogen and oxygen atoms in total. The van der Waals surface area contributed by atoms with Crippen LogP contribution in [0.3, 0.4) is 0 Å². The van der Waals surface area contributed by atoms with E-state index in [2.05, 4.69) is 12.2 Å². The summed E-state index contributed by atoms with van der Waals surface area (Å²) in [5.74, 6) is 0. The number of nitrogens with zero attached hydrogens (tertiary/aromatic N) is 1. The van der Waals surface area contributed by atoms with Crippen LogP contribution in [0, 0.1) is 0 Å². The van der Waals surface area contributed by atoms with Crippen LogP contribution in [0.2, 0.25) is 0 Å². The van der Waals surface area contributed by atoms with Crippen molar-refractivity contribution >= 4 is 6.03 Å².